The molecule has 0 aliphatic heterocycles. The summed E-state index contributed by atoms with van der Waals surface area (Å²) in [6.07, 6.45) is 9.28. The Morgan fingerprint density at radius 1 is 1.29 bits per heavy atom. The molecule has 0 spiro atoms. The molecule has 3 rings (SSSR count). The van der Waals surface area contributed by atoms with Crippen molar-refractivity contribution in [1.82, 2.24) is 14.8 Å². The van der Waals surface area contributed by atoms with E-state index in [2.05, 4.69) is 31.3 Å². The van der Waals surface area contributed by atoms with Crippen molar-refractivity contribution in [2.45, 2.75) is 0 Å². The van der Waals surface area contributed by atoms with Gasteiger partial charge in [0.05, 0.1) is 22.6 Å². The summed E-state index contributed by atoms with van der Waals surface area (Å²) in [5.74, 6) is -0.746. The van der Waals surface area contributed by atoms with Gasteiger partial charge in [0.1, 0.15) is 11.5 Å². The highest BCUT2D eigenvalue weighted by Gasteiger charge is 2.06. The lowest BCUT2D eigenvalue weighted by atomic mass is 10.2. The van der Waals surface area contributed by atoms with Crippen LogP contribution in [0, 0.1) is 5.82 Å². The molecule has 3 aromatic rings. The molecule has 0 aliphatic carbocycles. The summed E-state index contributed by atoms with van der Waals surface area (Å²) in [5.41, 5.74) is 1.50. The SMILES string of the molecule is O=C(/C=C/c1ccc(-n2cc(Br)cn2)c(F)c1)Nc1cccnc1. The summed E-state index contributed by atoms with van der Waals surface area (Å²) < 4.78 is 16.4. The van der Waals surface area contributed by atoms with Gasteiger partial charge in [-0.3, -0.25) is 9.78 Å². The summed E-state index contributed by atoms with van der Waals surface area (Å²) in [6, 6.07) is 8.12. The molecule has 2 aromatic heterocycles. The van der Waals surface area contributed by atoms with E-state index in [1.807, 2.05) is 0 Å². The van der Waals surface area contributed by atoms with Gasteiger partial charge in [-0.25, -0.2) is 9.07 Å². The smallest absolute Gasteiger partial charge is 0.248 e. The molecule has 0 radical (unpaired) electrons. The zero-order valence-corrected chi connectivity index (χ0v) is 13.9. The molecule has 1 aromatic carbocycles. The standard InChI is InChI=1S/C17H12BrFN4O/c18-13-9-21-23(11-13)16-5-3-12(8-15(16)19)4-6-17(24)22-14-2-1-7-20-10-14/h1-11H,(H,22,24)/b6-4+. The van der Waals surface area contributed by atoms with Crippen LogP contribution in [0.3, 0.4) is 0 Å². The Labute approximate surface area is 146 Å². The number of amides is 1. The molecule has 1 N–H and O–H groups in total. The summed E-state index contributed by atoms with van der Waals surface area (Å²) in [4.78, 5) is 15.7. The normalized spacial score (nSPS) is 10.9. The fourth-order valence-electron chi connectivity index (χ4n) is 2.04. The van der Waals surface area contributed by atoms with E-state index in [4.69, 9.17) is 0 Å². The molecule has 120 valence electrons. The van der Waals surface area contributed by atoms with E-state index in [0.717, 1.165) is 4.47 Å². The van der Waals surface area contributed by atoms with Gasteiger partial charge in [0, 0.05) is 18.5 Å². The molecule has 0 unspecified atom stereocenters. The van der Waals surface area contributed by atoms with Gasteiger partial charge in [0.25, 0.3) is 0 Å². The number of benzene rings is 1. The summed E-state index contributed by atoms with van der Waals surface area (Å²) in [6.45, 7) is 0. The molecule has 5 nitrogen and oxygen atoms in total. The topological polar surface area (TPSA) is 59.8 Å². The second-order valence-corrected chi connectivity index (χ2v) is 5.79. The largest absolute Gasteiger partial charge is 0.321 e. The molecule has 0 saturated carbocycles. The lowest BCUT2D eigenvalue weighted by Gasteiger charge is -2.04. The van der Waals surface area contributed by atoms with Crippen molar-refractivity contribution in [2.24, 2.45) is 0 Å². The van der Waals surface area contributed by atoms with E-state index in [1.165, 1.54) is 22.9 Å². The van der Waals surface area contributed by atoms with Gasteiger partial charge in [0.2, 0.25) is 5.91 Å². The van der Waals surface area contributed by atoms with Crippen LogP contribution >= 0.6 is 15.9 Å². The van der Waals surface area contributed by atoms with E-state index in [-0.39, 0.29) is 5.91 Å². The Balaban J connectivity index is 1.71. The Morgan fingerprint density at radius 3 is 2.83 bits per heavy atom. The number of nitrogens with zero attached hydrogens (tertiary/aromatic N) is 3. The second-order valence-electron chi connectivity index (χ2n) is 4.88. The van der Waals surface area contributed by atoms with Crippen LogP contribution in [0.1, 0.15) is 5.56 Å². The number of anilines is 1. The van der Waals surface area contributed by atoms with Crippen LogP contribution in [0.2, 0.25) is 0 Å². The number of rotatable bonds is 4. The molecular weight excluding hydrogens is 375 g/mol. The van der Waals surface area contributed by atoms with Crippen LogP contribution in [0.5, 0.6) is 0 Å². The van der Waals surface area contributed by atoms with E-state index < -0.39 is 5.82 Å². The quantitative estimate of drug-likeness (QED) is 0.693. The monoisotopic (exact) mass is 386 g/mol. The van der Waals surface area contributed by atoms with Crippen LogP contribution < -0.4 is 5.32 Å². The average Bonchev–Trinajstić information content (AvgIpc) is 3.00. The first-order valence-corrected chi connectivity index (χ1v) is 7.80. The Hall–Kier alpha value is -2.80. The number of carbonyl (C=O) groups excluding carboxylic acids is 1. The molecule has 0 bridgehead atoms. The van der Waals surface area contributed by atoms with E-state index in [1.54, 1.807) is 49.1 Å². The maximum absolute atomic E-state index is 14.2. The molecule has 1 amide bonds. The van der Waals surface area contributed by atoms with Crippen molar-refractivity contribution >= 4 is 33.6 Å². The number of nitrogens with one attached hydrogen (secondary N) is 1. The lowest BCUT2D eigenvalue weighted by molar-refractivity contribution is -0.111. The maximum Gasteiger partial charge on any atom is 0.248 e. The minimum absolute atomic E-state index is 0.316. The average molecular weight is 387 g/mol. The van der Waals surface area contributed by atoms with Crippen molar-refractivity contribution in [2.75, 3.05) is 5.32 Å². The van der Waals surface area contributed by atoms with Gasteiger partial charge < -0.3 is 5.32 Å². The fraction of sp³-hybridized carbons (Fsp3) is 0. The van der Waals surface area contributed by atoms with Crippen molar-refractivity contribution in [3.63, 3.8) is 0 Å². The fourth-order valence-corrected chi connectivity index (χ4v) is 2.32. The van der Waals surface area contributed by atoms with Gasteiger partial charge in [-0.05, 0) is 51.8 Å². The van der Waals surface area contributed by atoms with Crippen LogP contribution in [0.25, 0.3) is 11.8 Å². The minimum atomic E-state index is -0.430. The number of hydrogen-bond donors (Lipinski definition) is 1. The molecule has 7 heteroatoms. The molecule has 0 fully saturated rings. The van der Waals surface area contributed by atoms with Crippen LogP contribution in [-0.2, 0) is 4.79 Å². The molecule has 0 atom stereocenters. The first-order chi connectivity index (χ1) is 11.6. The summed E-state index contributed by atoms with van der Waals surface area (Å²) >= 11 is 3.27. The third kappa shape index (κ3) is 3.94. The van der Waals surface area contributed by atoms with Crippen molar-refractivity contribution < 1.29 is 9.18 Å². The van der Waals surface area contributed by atoms with Crippen LogP contribution in [0.4, 0.5) is 10.1 Å². The number of carbonyl (C=O) groups is 1. The third-order valence-electron chi connectivity index (χ3n) is 3.13. The summed E-state index contributed by atoms with van der Waals surface area (Å²) in [5, 5.41) is 6.70. The zero-order chi connectivity index (χ0) is 16.9. The number of pyridine rings is 1. The van der Waals surface area contributed by atoms with E-state index in [9.17, 15) is 9.18 Å². The minimum Gasteiger partial charge on any atom is -0.321 e. The Bertz CT molecular complexity index is 893. The first-order valence-electron chi connectivity index (χ1n) is 7.01. The molecule has 0 saturated heterocycles. The predicted molar refractivity (Wildman–Crippen MR) is 93.1 cm³/mol. The number of hydrogen-bond acceptors (Lipinski definition) is 3. The highest BCUT2D eigenvalue weighted by Crippen LogP contribution is 2.18. The van der Waals surface area contributed by atoms with Crippen molar-refractivity contribution in [3.8, 4) is 5.69 Å². The van der Waals surface area contributed by atoms with Gasteiger partial charge in [-0.2, -0.15) is 5.10 Å². The van der Waals surface area contributed by atoms with E-state index >= 15 is 0 Å². The first kappa shape index (κ1) is 16.1. The maximum atomic E-state index is 14.2. The molecule has 0 aliphatic rings. The van der Waals surface area contributed by atoms with E-state index in [0.29, 0.717) is 16.9 Å². The van der Waals surface area contributed by atoms with Gasteiger partial charge in [-0.1, -0.05) is 6.07 Å². The van der Waals surface area contributed by atoms with Gasteiger partial charge in [0.15, 0.2) is 0 Å². The zero-order valence-electron chi connectivity index (χ0n) is 12.4. The summed E-state index contributed by atoms with van der Waals surface area (Å²) in [7, 11) is 0. The lowest BCUT2D eigenvalue weighted by Crippen LogP contribution is -2.07. The van der Waals surface area contributed by atoms with Gasteiger partial charge in [-0.15, -0.1) is 0 Å². The highest BCUT2D eigenvalue weighted by atomic mass is 79.9. The van der Waals surface area contributed by atoms with Crippen LogP contribution in [0.15, 0.2) is 65.7 Å². The van der Waals surface area contributed by atoms with Crippen LogP contribution in [-0.4, -0.2) is 20.7 Å². The molecule has 2 heterocycles. The predicted octanol–water partition coefficient (Wildman–Crippen LogP) is 3.82. The highest BCUT2D eigenvalue weighted by molar-refractivity contribution is 9.10. The third-order valence-corrected chi connectivity index (χ3v) is 3.54. The Morgan fingerprint density at radius 2 is 2.17 bits per heavy atom. The second kappa shape index (κ2) is 7.18. The molecular formula is C17H12BrFN4O. The molecule has 24 heavy (non-hydrogen) atoms. The number of aromatic nitrogens is 3. The number of halogens is 2. The van der Waals surface area contributed by atoms with Gasteiger partial charge >= 0.3 is 0 Å². The van der Waals surface area contributed by atoms with Crippen molar-refractivity contribution in [3.05, 3.63) is 77.0 Å². The Kier molecular flexibility index (Phi) is 4.81. The van der Waals surface area contributed by atoms with Crippen molar-refractivity contribution in [1.29, 1.82) is 0 Å².